The second-order valence-electron chi connectivity index (χ2n) is 4.73. The molecule has 22 heavy (non-hydrogen) atoms. The minimum atomic E-state index is 0.0477. The summed E-state index contributed by atoms with van der Waals surface area (Å²) in [4.78, 5) is 11.9. The van der Waals surface area contributed by atoms with Gasteiger partial charge in [0.25, 0.3) is 0 Å². The fourth-order valence-electron chi connectivity index (χ4n) is 1.85. The molecular formula is C15H20N4OS2. The van der Waals surface area contributed by atoms with Gasteiger partial charge in [-0.3, -0.25) is 4.79 Å². The lowest BCUT2D eigenvalue weighted by molar-refractivity contribution is -0.119. The van der Waals surface area contributed by atoms with E-state index in [0.29, 0.717) is 5.75 Å². The van der Waals surface area contributed by atoms with Crippen molar-refractivity contribution in [2.24, 2.45) is 0 Å². The van der Waals surface area contributed by atoms with Crippen LogP contribution in [0.4, 0.5) is 10.8 Å². The van der Waals surface area contributed by atoms with Crippen LogP contribution in [0.3, 0.4) is 0 Å². The Morgan fingerprint density at radius 2 is 1.95 bits per heavy atom. The Kier molecular flexibility index (Phi) is 6.67. The predicted molar refractivity (Wildman–Crippen MR) is 92.9 cm³/mol. The van der Waals surface area contributed by atoms with Crippen LogP contribution in [0.1, 0.15) is 26.7 Å². The average Bonchev–Trinajstić information content (AvgIpc) is 2.99. The monoisotopic (exact) mass is 336 g/mol. The van der Waals surface area contributed by atoms with Crippen molar-refractivity contribution in [2.45, 2.75) is 37.1 Å². The molecule has 0 atom stereocenters. The van der Waals surface area contributed by atoms with Crippen LogP contribution in [-0.4, -0.2) is 27.9 Å². The third kappa shape index (κ3) is 5.31. The van der Waals surface area contributed by atoms with Crippen LogP contribution in [0.25, 0.3) is 0 Å². The number of amides is 1. The molecule has 0 spiro atoms. The molecule has 1 aromatic heterocycles. The molecular weight excluding hydrogens is 316 g/mol. The standard InChI is InChI=1S/C15H20N4OS2/c1-3-11(4-2)16-13(20)10-21-15-19-18-14(22-15)17-12-8-6-5-7-9-12/h5-9,11H,3-4,10H2,1-2H3,(H,16,20)(H,17,18). The Bertz CT molecular complexity index is 584. The van der Waals surface area contributed by atoms with Gasteiger partial charge in [0, 0.05) is 11.7 Å². The van der Waals surface area contributed by atoms with Crippen LogP contribution < -0.4 is 10.6 Å². The number of rotatable bonds is 8. The van der Waals surface area contributed by atoms with E-state index >= 15 is 0 Å². The van der Waals surface area contributed by atoms with Gasteiger partial charge in [-0.05, 0) is 25.0 Å². The predicted octanol–water partition coefficient (Wildman–Crippen LogP) is 3.68. The molecule has 1 amide bonds. The van der Waals surface area contributed by atoms with Gasteiger partial charge in [0.05, 0.1) is 5.75 Å². The number of thioether (sulfide) groups is 1. The second kappa shape index (κ2) is 8.75. The van der Waals surface area contributed by atoms with Crippen LogP contribution in [-0.2, 0) is 4.79 Å². The lowest BCUT2D eigenvalue weighted by atomic mass is 10.2. The largest absolute Gasteiger partial charge is 0.353 e. The van der Waals surface area contributed by atoms with E-state index in [2.05, 4.69) is 34.7 Å². The van der Waals surface area contributed by atoms with Crippen molar-refractivity contribution < 1.29 is 4.79 Å². The van der Waals surface area contributed by atoms with Gasteiger partial charge in [0.2, 0.25) is 11.0 Å². The van der Waals surface area contributed by atoms with E-state index in [1.165, 1.54) is 23.1 Å². The highest BCUT2D eigenvalue weighted by Gasteiger charge is 2.11. The van der Waals surface area contributed by atoms with Crippen LogP contribution in [0.2, 0.25) is 0 Å². The smallest absolute Gasteiger partial charge is 0.230 e. The summed E-state index contributed by atoms with van der Waals surface area (Å²) in [7, 11) is 0. The van der Waals surface area contributed by atoms with Crippen LogP contribution in [0.5, 0.6) is 0 Å². The molecule has 1 aromatic carbocycles. The Morgan fingerprint density at radius 1 is 1.23 bits per heavy atom. The molecule has 0 aliphatic rings. The number of carbonyl (C=O) groups is 1. The van der Waals surface area contributed by atoms with Crippen molar-refractivity contribution in [3.8, 4) is 0 Å². The van der Waals surface area contributed by atoms with E-state index in [1.54, 1.807) is 0 Å². The number of nitrogens with one attached hydrogen (secondary N) is 2. The number of hydrogen-bond donors (Lipinski definition) is 2. The maximum absolute atomic E-state index is 11.9. The van der Waals surface area contributed by atoms with E-state index in [0.717, 1.165) is 28.0 Å². The minimum Gasteiger partial charge on any atom is -0.353 e. The highest BCUT2D eigenvalue weighted by molar-refractivity contribution is 8.01. The van der Waals surface area contributed by atoms with E-state index in [4.69, 9.17) is 0 Å². The van der Waals surface area contributed by atoms with Crippen molar-refractivity contribution in [3.63, 3.8) is 0 Å². The number of benzene rings is 1. The topological polar surface area (TPSA) is 66.9 Å². The minimum absolute atomic E-state index is 0.0477. The van der Waals surface area contributed by atoms with Crippen molar-refractivity contribution >= 4 is 39.8 Å². The van der Waals surface area contributed by atoms with Crippen LogP contribution in [0, 0.1) is 0 Å². The second-order valence-corrected chi connectivity index (χ2v) is 6.93. The lowest BCUT2D eigenvalue weighted by Crippen LogP contribution is -2.34. The van der Waals surface area contributed by atoms with Crippen molar-refractivity contribution in [3.05, 3.63) is 30.3 Å². The average molecular weight is 336 g/mol. The Labute approximate surface area is 138 Å². The number of carbonyl (C=O) groups excluding carboxylic acids is 1. The molecule has 0 bridgehead atoms. The van der Waals surface area contributed by atoms with E-state index in [-0.39, 0.29) is 11.9 Å². The Hall–Kier alpha value is -1.60. The summed E-state index contributed by atoms with van der Waals surface area (Å²) < 4.78 is 0.790. The SMILES string of the molecule is CCC(CC)NC(=O)CSc1nnc(Nc2ccccc2)s1. The molecule has 2 rings (SSSR count). The van der Waals surface area contributed by atoms with Crippen molar-refractivity contribution in [1.29, 1.82) is 0 Å². The third-order valence-corrected chi connectivity index (χ3v) is 5.08. The lowest BCUT2D eigenvalue weighted by Gasteiger charge is -2.13. The van der Waals surface area contributed by atoms with Gasteiger partial charge < -0.3 is 10.6 Å². The van der Waals surface area contributed by atoms with Crippen LogP contribution >= 0.6 is 23.1 Å². The summed E-state index contributed by atoms with van der Waals surface area (Å²) >= 11 is 2.87. The van der Waals surface area contributed by atoms with Gasteiger partial charge in [-0.2, -0.15) is 0 Å². The zero-order valence-corrected chi connectivity index (χ0v) is 14.3. The molecule has 118 valence electrons. The van der Waals surface area contributed by atoms with Gasteiger partial charge in [-0.25, -0.2) is 0 Å². The zero-order chi connectivity index (χ0) is 15.8. The first-order chi connectivity index (χ1) is 10.7. The molecule has 5 nitrogen and oxygen atoms in total. The maximum atomic E-state index is 11.9. The molecule has 7 heteroatoms. The molecule has 1 heterocycles. The molecule has 2 N–H and O–H groups in total. The molecule has 0 aliphatic heterocycles. The molecule has 2 aromatic rings. The van der Waals surface area contributed by atoms with Gasteiger partial charge in [-0.1, -0.05) is 55.1 Å². The Morgan fingerprint density at radius 3 is 2.64 bits per heavy atom. The molecule has 0 unspecified atom stereocenters. The first kappa shape index (κ1) is 16.8. The fourth-order valence-corrected chi connectivity index (χ4v) is 3.44. The van der Waals surface area contributed by atoms with Gasteiger partial charge in [0.1, 0.15) is 0 Å². The van der Waals surface area contributed by atoms with E-state index in [9.17, 15) is 4.79 Å². The summed E-state index contributed by atoms with van der Waals surface area (Å²) in [6.45, 7) is 4.15. The van der Waals surface area contributed by atoms with Gasteiger partial charge in [0.15, 0.2) is 4.34 Å². The molecule has 0 saturated heterocycles. The quantitative estimate of drug-likeness (QED) is 0.720. The highest BCUT2D eigenvalue weighted by atomic mass is 32.2. The highest BCUT2D eigenvalue weighted by Crippen LogP contribution is 2.27. The first-order valence-corrected chi connectivity index (χ1v) is 9.09. The summed E-state index contributed by atoms with van der Waals surface area (Å²) in [5.74, 6) is 0.419. The van der Waals surface area contributed by atoms with Crippen molar-refractivity contribution in [1.82, 2.24) is 15.5 Å². The maximum Gasteiger partial charge on any atom is 0.230 e. The molecule has 0 saturated carbocycles. The Balaban J connectivity index is 1.81. The van der Waals surface area contributed by atoms with Gasteiger partial charge in [-0.15, -0.1) is 10.2 Å². The van der Waals surface area contributed by atoms with E-state index < -0.39 is 0 Å². The third-order valence-electron chi connectivity index (χ3n) is 3.11. The molecule has 0 radical (unpaired) electrons. The normalized spacial score (nSPS) is 10.7. The summed E-state index contributed by atoms with van der Waals surface area (Å²) in [5.41, 5.74) is 0.974. The van der Waals surface area contributed by atoms with E-state index in [1.807, 2.05) is 30.3 Å². The summed E-state index contributed by atoms with van der Waals surface area (Å²) in [6.07, 6.45) is 1.91. The first-order valence-electron chi connectivity index (χ1n) is 7.29. The van der Waals surface area contributed by atoms with Crippen molar-refractivity contribution in [2.75, 3.05) is 11.1 Å². The number of aromatic nitrogens is 2. The number of para-hydroxylation sites is 1. The number of nitrogens with zero attached hydrogens (tertiary/aromatic N) is 2. The summed E-state index contributed by atoms with van der Waals surface area (Å²) in [6, 6.07) is 10.1. The number of anilines is 2. The fraction of sp³-hybridized carbons (Fsp3) is 0.400. The molecule has 0 fully saturated rings. The zero-order valence-electron chi connectivity index (χ0n) is 12.7. The van der Waals surface area contributed by atoms with Gasteiger partial charge >= 0.3 is 0 Å². The number of hydrogen-bond acceptors (Lipinski definition) is 6. The summed E-state index contributed by atoms with van der Waals surface area (Å²) in [5, 5.41) is 15.1. The van der Waals surface area contributed by atoms with Crippen LogP contribution in [0.15, 0.2) is 34.7 Å². The molecule has 0 aliphatic carbocycles.